The van der Waals surface area contributed by atoms with E-state index in [0.717, 1.165) is 5.89 Å². The lowest BCUT2D eigenvalue weighted by molar-refractivity contribution is 0.292. The van der Waals surface area contributed by atoms with Gasteiger partial charge in [0, 0.05) is 12.3 Å². The minimum Gasteiger partial charge on any atom is -0.396 e. The summed E-state index contributed by atoms with van der Waals surface area (Å²) in [5.74, 6) is 1.87. The van der Waals surface area contributed by atoms with E-state index in [2.05, 4.69) is 10.1 Å². The van der Waals surface area contributed by atoms with Crippen LogP contribution in [-0.2, 0) is 6.42 Å². The molecule has 1 fully saturated rings. The molecule has 13 heavy (non-hydrogen) atoms. The maximum absolute atomic E-state index is 8.67. The Kier molecular flexibility index (Phi) is 2.59. The van der Waals surface area contributed by atoms with Crippen molar-refractivity contribution in [2.24, 2.45) is 0 Å². The summed E-state index contributed by atoms with van der Waals surface area (Å²) in [5.41, 5.74) is 0. The number of aliphatic hydroxyl groups is 1. The van der Waals surface area contributed by atoms with Crippen LogP contribution in [0.2, 0.25) is 0 Å². The molecule has 0 bridgehead atoms. The first-order valence-corrected chi connectivity index (χ1v) is 4.83. The lowest BCUT2D eigenvalue weighted by Crippen LogP contribution is -1.95. The fourth-order valence-corrected chi connectivity index (χ4v) is 1.81. The molecule has 0 spiro atoms. The van der Waals surface area contributed by atoms with Gasteiger partial charge in [0.1, 0.15) is 0 Å². The van der Waals surface area contributed by atoms with Crippen molar-refractivity contribution in [3.05, 3.63) is 11.7 Å². The molecule has 1 aliphatic rings. The second-order valence-electron chi connectivity index (χ2n) is 3.50. The van der Waals surface area contributed by atoms with Crippen LogP contribution >= 0.6 is 0 Å². The third-order valence-corrected chi connectivity index (χ3v) is 2.52. The first kappa shape index (κ1) is 8.69. The van der Waals surface area contributed by atoms with E-state index in [4.69, 9.17) is 9.63 Å². The molecule has 0 saturated heterocycles. The Labute approximate surface area is 77.0 Å². The monoisotopic (exact) mass is 182 g/mol. The Morgan fingerprint density at radius 3 is 2.85 bits per heavy atom. The topological polar surface area (TPSA) is 59.2 Å². The molecule has 1 aromatic heterocycles. The zero-order chi connectivity index (χ0) is 9.10. The third-order valence-electron chi connectivity index (χ3n) is 2.52. The summed E-state index contributed by atoms with van der Waals surface area (Å²) in [7, 11) is 0. The molecular formula is C9H14N2O2. The molecule has 2 rings (SSSR count). The van der Waals surface area contributed by atoms with Gasteiger partial charge in [-0.3, -0.25) is 0 Å². The van der Waals surface area contributed by atoms with Crippen LogP contribution in [0, 0.1) is 0 Å². The van der Waals surface area contributed by atoms with Crippen molar-refractivity contribution in [2.75, 3.05) is 6.61 Å². The van der Waals surface area contributed by atoms with Crippen LogP contribution in [-0.4, -0.2) is 21.9 Å². The predicted molar refractivity (Wildman–Crippen MR) is 46.3 cm³/mol. The fourth-order valence-electron chi connectivity index (χ4n) is 1.81. The molecule has 1 aliphatic carbocycles. The fraction of sp³-hybridized carbons (Fsp3) is 0.778. The van der Waals surface area contributed by atoms with Crippen molar-refractivity contribution in [3.63, 3.8) is 0 Å². The van der Waals surface area contributed by atoms with Crippen molar-refractivity contribution in [1.82, 2.24) is 10.1 Å². The Morgan fingerprint density at radius 2 is 2.15 bits per heavy atom. The van der Waals surface area contributed by atoms with Crippen LogP contribution in [0.15, 0.2) is 4.52 Å². The Balaban J connectivity index is 2.03. The molecule has 0 radical (unpaired) electrons. The van der Waals surface area contributed by atoms with E-state index in [1.54, 1.807) is 0 Å². The van der Waals surface area contributed by atoms with Gasteiger partial charge in [0.25, 0.3) is 0 Å². The summed E-state index contributed by atoms with van der Waals surface area (Å²) < 4.78 is 5.13. The van der Waals surface area contributed by atoms with E-state index in [0.29, 0.717) is 18.2 Å². The van der Waals surface area contributed by atoms with Gasteiger partial charge in [0.05, 0.1) is 6.61 Å². The van der Waals surface area contributed by atoms with Crippen LogP contribution in [0.4, 0.5) is 0 Å². The lowest BCUT2D eigenvalue weighted by atomic mass is 10.1. The van der Waals surface area contributed by atoms with Gasteiger partial charge in [0.2, 0.25) is 5.89 Å². The molecule has 72 valence electrons. The molecule has 4 heteroatoms. The SMILES string of the molecule is OCCc1noc(C2CCCC2)n1. The number of aromatic nitrogens is 2. The van der Waals surface area contributed by atoms with Gasteiger partial charge in [-0.15, -0.1) is 0 Å². The summed E-state index contributed by atoms with van der Waals surface area (Å²) in [6.07, 6.45) is 5.36. The summed E-state index contributed by atoms with van der Waals surface area (Å²) in [5, 5.41) is 12.5. The molecular weight excluding hydrogens is 168 g/mol. The van der Waals surface area contributed by atoms with Crippen LogP contribution in [0.1, 0.15) is 43.3 Å². The van der Waals surface area contributed by atoms with Crippen molar-refractivity contribution >= 4 is 0 Å². The van der Waals surface area contributed by atoms with E-state index >= 15 is 0 Å². The second kappa shape index (κ2) is 3.87. The highest BCUT2D eigenvalue weighted by Crippen LogP contribution is 2.32. The van der Waals surface area contributed by atoms with Gasteiger partial charge in [-0.05, 0) is 12.8 Å². The first-order chi connectivity index (χ1) is 6.40. The molecule has 1 aromatic rings. The predicted octanol–water partition coefficient (Wildman–Crippen LogP) is 1.26. The van der Waals surface area contributed by atoms with E-state index in [9.17, 15) is 0 Å². The molecule has 0 amide bonds. The standard InChI is InChI=1S/C9H14N2O2/c12-6-5-8-10-9(13-11-8)7-3-1-2-4-7/h7,12H,1-6H2. The van der Waals surface area contributed by atoms with Crippen molar-refractivity contribution in [1.29, 1.82) is 0 Å². The van der Waals surface area contributed by atoms with Crippen molar-refractivity contribution < 1.29 is 9.63 Å². The Morgan fingerprint density at radius 1 is 1.38 bits per heavy atom. The van der Waals surface area contributed by atoms with Gasteiger partial charge in [-0.25, -0.2) is 0 Å². The summed E-state index contributed by atoms with van der Waals surface area (Å²) >= 11 is 0. The maximum Gasteiger partial charge on any atom is 0.229 e. The van der Waals surface area contributed by atoms with Gasteiger partial charge in [-0.1, -0.05) is 18.0 Å². The molecule has 0 aromatic carbocycles. The number of aliphatic hydroxyl groups excluding tert-OH is 1. The molecule has 4 nitrogen and oxygen atoms in total. The molecule has 1 saturated carbocycles. The Hall–Kier alpha value is -0.900. The summed E-state index contributed by atoms with van der Waals surface area (Å²) in [6, 6.07) is 0. The number of hydrogen-bond acceptors (Lipinski definition) is 4. The maximum atomic E-state index is 8.67. The van der Waals surface area contributed by atoms with E-state index < -0.39 is 0 Å². The van der Waals surface area contributed by atoms with E-state index in [-0.39, 0.29) is 6.61 Å². The first-order valence-electron chi connectivity index (χ1n) is 4.83. The molecule has 0 aliphatic heterocycles. The third kappa shape index (κ3) is 1.88. The minimum atomic E-state index is 0.0869. The van der Waals surface area contributed by atoms with Gasteiger partial charge >= 0.3 is 0 Å². The van der Waals surface area contributed by atoms with Gasteiger partial charge in [-0.2, -0.15) is 4.98 Å². The molecule has 1 heterocycles. The van der Waals surface area contributed by atoms with Crippen molar-refractivity contribution in [2.45, 2.75) is 38.0 Å². The Bertz CT molecular complexity index is 266. The average molecular weight is 182 g/mol. The van der Waals surface area contributed by atoms with Crippen LogP contribution in [0.5, 0.6) is 0 Å². The van der Waals surface area contributed by atoms with Gasteiger partial charge < -0.3 is 9.63 Å². The number of hydrogen-bond donors (Lipinski definition) is 1. The average Bonchev–Trinajstić information content (AvgIpc) is 2.70. The zero-order valence-electron chi connectivity index (χ0n) is 7.57. The highest BCUT2D eigenvalue weighted by molar-refractivity contribution is 4.96. The van der Waals surface area contributed by atoms with E-state index in [1.807, 2.05) is 0 Å². The van der Waals surface area contributed by atoms with Crippen LogP contribution in [0.25, 0.3) is 0 Å². The highest BCUT2D eigenvalue weighted by atomic mass is 16.5. The second-order valence-corrected chi connectivity index (χ2v) is 3.50. The highest BCUT2D eigenvalue weighted by Gasteiger charge is 2.22. The summed E-state index contributed by atoms with van der Waals surface area (Å²) in [6.45, 7) is 0.0869. The van der Waals surface area contributed by atoms with Crippen molar-refractivity contribution in [3.8, 4) is 0 Å². The van der Waals surface area contributed by atoms with Crippen LogP contribution < -0.4 is 0 Å². The zero-order valence-corrected chi connectivity index (χ0v) is 7.57. The normalized spacial score (nSPS) is 18.2. The van der Waals surface area contributed by atoms with E-state index in [1.165, 1.54) is 25.7 Å². The molecule has 1 N–H and O–H groups in total. The number of rotatable bonds is 3. The van der Waals surface area contributed by atoms with Crippen LogP contribution in [0.3, 0.4) is 0 Å². The molecule has 0 unspecified atom stereocenters. The largest absolute Gasteiger partial charge is 0.396 e. The molecule has 0 atom stereocenters. The quantitative estimate of drug-likeness (QED) is 0.764. The number of nitrogens with zero attached hydrogens (tertiary/aromatic N) is 2. The smallest absolute Gasteiger partial charge is 0.229 e. The van der Waals surface area contributed by atoms with Gasteiger partial charge in [0.15, 0.2) is 5.82 Å². The lowest BCUT2D eigenvalue weighted by Gasteiger charge is -1.98. The summed E-state index contributed by atoms with van der Waals surface area (Å²) in [4.78, 5) is 4.24. The minimum absolute atomic E-state index is 0.0869.